The number of pyridine rings is 1. The van der Waals surface area contributed by atoms with Crippen LogP contribution in [0.25, 0.3) is 11.1 Å². The average molecular weight is 437 g/mol. The first-order valence-corrected chi connectivity index (χ1v) is 8.90. The number of aryl methyl sites for hydroxylation is 1. The first-order chi connectivity index (χ1) is 11.1. The molecule has 6 heteroatoms. The normalized spacial score (nSPS) is 13.3. The van der Waals surface area contributed by atoms with Gasteiger partial charge in [0.05, 0.1) is 16.1 Å². The van der Waals surface area contributed by atoms with Crippen LogP contribution in [0.5, 0.6) is 5.75 Å². The summed E-state index contributed by atoms with van der Waals surface area (Å²) in [5.41, 5.74) is 10.5. The van der Waals surface area contributed by atoms with Gasteiger partial charge in [-0.15, -0.1) is 0 Å². The fourth-order valence-electron chi connectivity index (χ4n) is 3.09. The Hall–Kier alpha value is -1.58. The fraction of sp³-hybridized carbons (Fsp3) is 0.294. The first-order valence-electron chi connectivity index (χ1n) is 7.31. The van der Waals surface area contributed by atoms with Crippen LogP contribution < -0.4 is 10.5 Å². The number of halogens is 2. The molecular formula is C17H15Br2N3O. The molecule has 0 spiro atoms. The molecule has 0 fully saturated rings. The fourth-order valence-corrected chi connectivity index (χ4v) is 4.60. The number of hydrogen-bond acceptors (Lipinski definition) is 4. The van der Waals surface area contributed by atoms with Crippen molar-refractivity contribution in [2.45, 2.75) is 25.7 Å². The summed E-state index contributed by atoms with van der Waals surface area (Å²) in [5.74, 6) is 1.04. The van der Waals surface area contributed by atoms with E-state index >= 15 is 0 Å². The molecule has 1 aromatic heterocycles. The summed E-state index contributed by atoms with van der Waals surface area (Å²) in [4.78, 5) is 4.46. The third-order valence-corrected chi connectivity index (χ3v) is 5.28. The number of anilines is 1. The third kappa shape index (κ3) is 2.84. The van der Waals surface area contributed by atoms with Crippen molar-refractivity contribution in [3.05, 3.63) is 37.9 Å². The summed E-state index contributed by atoms with van der Waals surface area (Å²) in [7, 11) is 1.62. The van der Waals surface area contributed by atoms with Gasteiger partial charge in [-0.2, -0.15) is 5.26 Å². The minimum absolute atomic E-state index is 0.311. The van der Waals surface area contributed by atoms with Crippen LogP contribution in [0.3, 0.4) is 0 Å². The average Bonchev–Trinajstić information content (AvgIpc) is 2.53. The summed E-state index contributed by atoms with van der Waals surface area (Å²) in [6.07, 6.45) is 4.06. The Morgan fingerprint density at radius 1 is 1.22 bits per heavy atom. The standard InChI is InChI=1S/C17H15Br2N3O/c1-23-16-12(18)6-9(7-13(16)19)15-10-4-2-3-5-14(10)22-17(21)11(15)8-20/h6-7H,2-5H2,1H3,(H2,21,22). The summed E-state index contributed by atoms with van der Waals surface area (Å²) < 4.78 is 7.02. The summed E-state index contributed by atoms with van der Waals surface area (Å²) in [6, 6.07) is 6.16. The Morgan fingerprint density at radius 2 is 1.87 bits per heavy atom. The zero-order valence-corrected chi connectivity index (χ0v) is 15.8. The van der Waals surface area contributed by atoms with Gasteiger partial charge in [-0.25, -0.2) is 4.98 Å². The molecular weight excluding hydrogens is 422 g/mol. The van der Waals surface area contributed by atoms with Gasteiger partial charge in [0.1, 0.15) is 23.2 Å². The molecule has 2 N–H and O–H groups in total. The van der Waals surface area contributed by atoms with Crippen molar-refractivity contribution < 1.29 is 4.74 Å². The van der Waals surface area contributed by atoms with Crippen molar-refractivity contribution in [2.75, 3.05) is 12.8 Å². The highest BCUT2D eigenvalue weighted by molar-refractivity contribution is 9.11. The topological polar surface area (TPSA) is 71.9 Å². The molecule has 1 aromatic carbocycles. The minimum Gasteiger partial charge on any atom is -0.494 e. The largest absolute Gasteiger partial charge is 0.494 e. The highest BCUT2D eigenvalue weighted by Gasteiger charge is 2.23. The molecule has 2 aromatic rings. The Bertz CT molecular complexity index is 805. The zero-order chi connectivity index (χ0) is 16.6. The van der Waals surface area contributed by atoms with Crippen LogP contribution in [0.2, 0.25) is 0 Å². The number of benzene rings is 1. The van der Waals surface area contributed by atoms with E-state index in [9.17, 15) is 5.26 Å². The quantitative estimate of drug-likeness (QED) is 0.745. The van der Waals surface area contributed by atoms with Crippen molar-refractivity contribution in [1.29, 1.82) is 5.26 Å². The highest BCUT2D eigenvalue weighted by Crippen LogP contribution is 2.42. The molecule has 3 rings (SSSR count). The number of ether oxygens (including phenoxy) is 1. The lowest BCUT2D eigenvalue weighted by Gasteiger charge is -2.21. The van der Waals surface area contributed by atoms with Crippen LogP contribution in [0.15, 0.2) is 21.1 Å². The molecule has 4 nitrogen and oxygen atoms in total. The van der Waals surface area contributed by atoms with E-state index in [0.29, 0.717) is 11.4 Å². The van der Waals surface area contributed by atoms with E-state index in [-0.39, 0.29) is 0 Å². The Kier molecular flexibility index (Phi) is 4.60. The summed E-state index contributed by atoms with van der Waals surface area (Å²) in [5, 5.41) is 9.58. The molecule has 0 radical (unpaired) electrons. The lowest BCUT2D eigenvalue weighted by Crippen LogP contribution is -2.11. The second-order valence-electron chi connectivity index (χ2n) is 5.46. The highest BCUT2D eigenvalue weighted by atomic mass is 79.9. The monoisotopic (exact) mass is 435 g/mol. The van der Waals surface area contributed by atoms with Gasteiger partial charge in [-0.3, -0.25) is 0 Å². The van der Waals surface area contributed by atoms with Crippen molar-refractivity contribution >= 4 is 37.7 Å². The molecule has 0 saturated carbocycles. The number of aromatic nitrogens is 1. The number of nitrogens with two attached hydrogens (primary N) is 1. The van der Waals surface area contributed by atoms with Gasteiger partial charge in [0, 0.05) is 11.3 Å². The third-order valence-electron chi connectivity index (χ3n) is 4.10. The summed E-state index contributed by atoms with van der Waals surface area (Å²) >= 11 is 7.06. The van der Waals surface area contributed by atoms with Crippen molar-refractivity contribution in [3.63, 3.8) is 0 Å². The molecule has 0 aliphatic heterocycles. The van der Waals surface area contributed by atoms with E-state index in [2.05, 4.69) is 42.9 Å². The number of rotatable bonds is 2. The van der Waals surface area contributed by atoms with Crippen LogP contribution in [0.1, 0.15) is 29.7 Å². The van der Waals surface area contributed by atoms with E-state index < -0.39 is 0 Å². The number of hydrogen-bond donors (Lipinski definition) is 1. The van der Waals surface area contributed by atoms with Crippen molar-refractivity contribution in [1.82, 2.24) is 4.98 Å². The van der Waals surface area contributed by atoms with Gasteiger partial charge in [0.15, 0.2) is 0 Å². The molecule has 0 saturated heterocycles. The lowest BCUT2D eigenvalue weighted by atomic mass is 9.86. The van der Waals surface area contributed by atoms with E-state index in [4.69, 9.17) is 10.5 Å². The number of nitriles is 1. The number of nitrogen functional groups attached to an aromatic ring is 1. The van der Waals surface area contributed by atoms with Gasteiger partial charge in [-0.1, -0.05) is 0 Å². The number of methoxy groups -OCH3 is 1. The van der Waals surface area contributed by atoms with Crippen LogP contribution >= 0.6 is 31.9 Å². The zero-order valence-electron chi connectivity index (χ0n) is 12.6. The summed E-state index contributed by atoms with van der Waals surface area (Å²) in [6.45, 7) is 0. The lowest BCUT2D eigenvalue weighted by molar-refractivity contribution is 0.409. The van der Waals surface area contributed by atoms with Gasteiger partial charge in [0.2, 0.25) is 0 Å². The molecule has 118 valence electrons. The van der Waals surface area contributed by atoms with Gasteiger partial charge in [0.25, 0.3) is 0 Å². The molecule has 0 amide bonds. The molecule has 0 atom stereocenters. The second kappa shape index (κ2) is 6.50. The predicted octanol–water partition coefficient (Wildman–Crippen LogP) is 4.61. The van der Waals surface area contributed by atoms with E-state index in [1.807, 2.05) is 12.1 Å². The van der Waals surface area contributed by atoms with Crippen molar-refractivity contribution in [3.8, 4) is 22.9 Å². The SMILES string of the molecule is COc1c(Br)cc(-c2c(C#N)c(N)nc3c2CCCC3)cc1Br. The maximum absolute atomic E-state index is 9.58. The van der Waals surface area contributed by atoms with Gasteiger partial charge >= 0.3 is 0 Å². The molecule has 1 aliphatic rings. The van der Waals surface area contributed by atoms with Crippen LogP contribution in [0.4, 0.5) is 5.82 Å². The first kappa shape index (κ1) is 16.3. The van der Waals surface area contributed by atoms with Crippen LogP contribution in [-0.2, 0) is 12.8 Å². The molecule has 23 heavy (non-hydrogen) atoms. The molecule has 1 heterocycles. The smallest absolute Gasteiger partial charge is 0.147 e. The van der Waals surface area contributed by atoms with E-state index in [1.165, 1.54) is 0 Å². The van der Waals surface area contributed by atoms with Gasteiger partial charge in [-0.05, 0) is 80.8 Å². The molecule has 0 bridgehead atoms. The van der Waals surface area contributed by atoms with Crippen LogP contribution in [0, 0.1) is 11.3 Å². The molecule has 0 unspecified atom stereocenters. The van der Waals surface area contributed by atoms with Crippen LogP contribution in [-0.4, -0.2) is 12.1 Å². The van der Waals surface area contributed by atoms with E-state index in [1.54, 1.807) is 7.11 Å². The molecule has 1 aliphatic carbocycles. The van der Waals surface area contributed by atoms with Gasteiger partial charge < -0.3 is 10.5 Å². The minimum atomic E-state index is 0.311. The number of nitrogens with zero attached hydrogens (tertiary/aromatic N) is 2. The van der Waals surface area contributed by atoms with Crippen molar-refractivity contribution in [2.24, 2.45) is 0 Å². The number of fused-ring (bicyclic) bond motifs is 1. The Morgan fingerprint density at radius 3 is 2.48 bits per heavy atom. The Balaban J connectivity index is 2.31. The second-order valence-corrected chi connectivity index (χ2v) is 7.17. The maximum atomic E-state index is 9.58. The van der Waals surface area contributed by atoms with E-state index in [0.717, 1.165) is 62.8 Å². The maximum Gasteiger partial charge on any atom is 0.147 e. The Labute approximate surface area is 151 Å². The predicted molar refractivity (Wildman–Crippen MR) is 97.4 cm³/mol.